The summed E-state index contributed by atoms with van der Waals surface area (Å²) >= 11 is 0. The Labute approximate surface area is 125 Å². The van der Waals surface area contributed by atoms with Crippen LogP contribution in [-0.2, 0) is 9.53 Å². The lowest BCUT2D eigenvalue weighted by atomic mass is 10.1. The minimum atomic E-state index is -0.334. The third-order valence-corrected chi connectivity index (χ3v) is 3.35. The van der Waals surface area contributed by atoms with Gasteiger partial charge in [-0.1, -0.05) is 6.58 Å². The third kappa shape index (κ3) is 3.30. The zero-order valence-electron chi connectivity index (χ0n) is 11.6. The van der Waals surface area contributed by atoms with E-state index in [1.165, 1.54) is 19.4 Å². The van der Waals surface area contributed by atoms with Gasteiger partial charge in [-0.05, 0) is 18.9 Å². The Morgan fingerprint density at radius 1 is 1.60 bits per heavy atom. The topological polar surface area (TPSA) is 42.4 Å². The van der Waals surface area contributed by atoms with E-state index in [-0.39, 0.29) is 31.2 Å². The van der Waals surface area contributed by atoms with Gasteiger partial charge in [0.25, 0.3) is 0 Å². The molecule has 0 saturated carbocycles. The van der Waals surface area contributed by atoms with Crippen molar-refractivity contribution in [2.75, 3.05) is 25.1 Å². The van der Waals surface area contributed by atoms with Crippen LogP contribution in [0.25, 0.3) is 5.57 Å². The van der Waals surface area contributed by atoms with E-state index in [1.807, 2.05) is 4.90 Å². The molecule has 0 aliphatic carbocycles. The number of methoxy groups -OCH3 is 1. The number of nitrogens with zero attached hydrogens (tertiary/aromatic N) is 2. The first kappa shape index (κ1) is 16.5. The fourth-order valence-electron chi connectivity index (χ4n) is 2.24. The molecule has 110 valence electrons. The first-order chi connectivity index (χ1) is 9.02. The van der Waals surface area contributed by atoms with Crippen LogP contribution in [-0.4, -0.2) is 31.2 Å². The van der Waals surface area contributed by atoms with Gasteiger partial charge < -0.3 is 9.64 Å². The molecule has 0 aromatic carbocycles. The largest absolute Gasteiger partial charge is 0.469 e. The monoisotopic (exact) mass is 298 g/mol. The van der Waals surface area contributed by atoms with Crippen LogP contribution in [0.15, 0.2) is 18.8 Å². The van der Waals surface area contributed by atoms with Gasteiger partial charge in [0.15, 0.2) is 0 Å². The lowest BCUT2D eigenvalue weighted by Gasteiger charge is -2.17. The number of aromatic nitrogens is 1. The van der Waals surface area contributed by atoms with E-state index in [4.69, 9.17) is 4.74 Å². The van der Waals surface area contributed by atoms with Crippen molar-refractivity contribution >= 4 is 30.9 Å². The molecule has 0 spiro atoms. The average molecular weight is 298 g/mol. The summed E-state index contributed by atoms with van der Waals surface area (Å²) in [5, 5.41) is 0. The second kappa shape index (κ2) is 6.74. The maximum atomic E-state index is 13.9. The molecule has 2 heterocycles. The molecular weight excluding hydrogens is 279 g/mol. The molecule has 0 amide bonds. The van der Waals surface area contributed by atoms with Gasteiger partial charge in [0.2, 0.25) is 0 Å². The predicted molar refractivity (Wildman–Crippen MR) is 81.6 cm³/mol. The number of hydrogen-bond acceptors (Lipinski definition) is 4. The molecule has 0 unspecified atom stereocenters. The van der Waals surface area contributed by atoms with Crippen LogP contribution in [0.5, 0.6) is 0 Å². The van der Waals surface area contributed by atoms with Crippen molar-refractivity contribution in [1.29, 1.82) is 0 Å². The van der Waals surface area contributed by atoms with Gasteiger partial charge in [-0.25, -0.2) is 9.37 Å². The number of halogens is 1. The smallest absolute Gasteiger partial charge is 0.310 e. The molecule has 0 bridgehead atoms. The Morgan fingerprint density at radius 2 is 2.30 bits per heavy atom. The molecular formula is C14H19FN2O2S. The van der Waals surface area contributed by atoms with Crippen molar-refractivity contribution in [3.05, 3.63) is 30.2 Å². The number of ether oxygens (including phenoxy) is 1. The molecule has 0 radical (unpaired) electrons. The number of carbonyl (C=O) groups excluding carboxylic acids is 1. The van der Waals surface area contributed by atoms with Crippen LogP contribution in [0.3, 0.4) is 0 Å². The van der Waals surface area contributed by atoms with Crippen molar-refractivity contribution < 1.29 is 13.9 Å². The van der Waals surface area contributed by atoms with Gasteiger partial charge >= 0.3 is 5.97 Å². The van der Waals surface area contributed by atoms with E-state index in [2.05, 4.69) is 11.6 Å². The summed E-state index contributed by atoms with van der Waals surface area (Å²) in [4.78, 5) is 17.6. The molecule has 1 aliphatic heterocycles. The first-order valence-electron chi connectivity index (χ1n) is 6.17. The van der Waals surface area contributed by atoms with E-state index in [0.29, 0.717) is 36.5 Å². The van der Waals surface area contributed by atoms with Crippen LogP contribution in [0.2, 0.25) is 0 Å². The molecule has 1 saturated heterocycles. The number of pyridine rings is 1. The van der Waals surface area contributed by atoms with E-state index >= 15 is 0 Å². The van der Waals surface area contributed by atoms with Crippen LogP contribution >= 0.6 is 13.5 Å². The SMILES string of the molecule is C=C(C)c1cnc(N2CC[C@H](C(=O)OC)C2)cc1F.S. The van der Waals surface area contributed by atoms with Gasteiger partial charge in [0, 0.05) is 30.9 Å². The molecule has 0 N–H and O–H groups in total. The molecule has 4 nitrogen and oxygen atoms in total. The molecule has 1 fully saturated rings. The Bertz CT molecular complexity index is 522. The number of hydrogen-bond donors (Lipinski definition) is 0. The number of esters is 1. The fourth-order valence-corrected chi connectivity index (χ4v) is 2.24. The maximum absolute atomic E-state index is 13.9. The highest BCUT2D eigenvalue weighted by Crippen LogP contribution is 2.25. The second-order valence-electron chi connectivity index (χ2n) is 4.76. The Kier molecular flexibility index (Phi) is 5.56. The van der Waals surface area contributed by atoms with Gasteiger partial charge in [0.05, 0.1) is 13.0 Å². The number of anilines is 1. The lowest BCUT2D eigenvalue weighted by Crippen LogP contribution is -2.24. The Morgan fingerprint density at radius 3 is 2.85 bits per heavy atom. The fraction of sp³-hybridized carbons (Fsp3) is 0.429. The van der Waals surface area contributed by atoms with Crippen molar-refractivity contribution in [1.82, 2.24) is 4.98 Å². The number of carbonyl (C=O) groups is 1. The zero-order valence-corrected chi connectivity index (χ0v) is 12.6. The maximum Gasteiger partial charge on any atom is 0.310 e. The van der Waals surface area contributed by atoms with Crippen molar-refractivity contribution in [2.45, 2.75) is 13.3 Å². The minimum Gasteiger partial charge on any atom is -0.469 e. The molecule has 20 heavy (non-hydrogen) atoms. The summed E-state index contributed by atoms with van der Waals surface area (Å²) in [6.45, 7) is 6.64. The Balaban J connectivity index is 0.00000200. The molecule has 6 heteroatoms. The van der Waals surface area contributed by atoms with E-state index in [1.54, 1.807) is 6.92 Å². The van der Waals surface area contributed by atoms with Crippen molar-refractivity contribution in [2.24, 2.45) is 5.92 Å². The molecule has 1 aliphatic rings. The third-order valence-electron chi connectivity index (χ3n) is 3.35. The molecule has 2 rings (SSSR count). The highest BCUT2D eigenvalue weighted by atomic mass is 32.1. The summed E-state index contributed by atoms with van der Waals surface area (Å²) in [5.41, 5.74) is 1.07. The van der Waals surface area contributed by atoms with Gasteiger partial charge in [-0.3, -0.25) is 4.79 Å². The first-order valence-corrected chi connectivity index (χ1v) is 6.17. The number of allylic oxidation sites excluding steroid dienone is 1. The highest BCUT2D eigenvalue weighted by molar-refractivity contribution is 7.59. The summed E-state index contributed by atoms with van der Waals surface area (Å²) in [7, 11) is 1.38. The standard InChI is InChI=1S/C14H17FN2O2.H2S/c1-9(2)11-7-16-13(6-12(11)15)17-5-4-10(8-17)14(18)19-3;/h6-7,10H,1,4-5,8H2,2-3H3;1H2/t10-;/m0./s1. The predicted octanol–water partition coefficient (Wildman–Crippen LogP) is 2.37. The quantitative estimate of drug-likeness (QED) is 0.804. The van der Waals surface area contributed by atoms with Crippen LogP contribution in [0.1, 0.15) is 18.9 Å². The van der Waals surface area contributed by atoms with Gasteiger partial charge in [0.1, 0.15) is 11.6 Å². The van der Waals surface area contributed by atoms with E-state index in [9.17, 15) is 9.18 Å². The summed E-state index contributed by atoms with van der Waals surface area (Å²) in [5.74, 6) is -0.162. The van der Waals surface area contributed by atoms with E-state index < -0.39 is 0 Å². The molecule has 1 atom stereocenters. The zero-order chi connectivity index (χ0) is 14.0. The van der Waals surface area contributed by atoms with Gasteiger partial charge in [-0.15, -0.1) is 0 Å². The highest BCUT2D eigenvalue weighted by Gasteiger charge is 2.30. The second-order valence-corrected chi connectivity index (χ2v) is 4.76. The minimum absolute atomic E-state index is 0. The molecule has 1 aromatic heterocycles. The average Bonchev–Trinajstić information content (AvgIpc) is 2.86. The normalized spacial score (nSPS) is 17.6. The van der Waals surface area contributed by atoms with Gasteiger partial charge in [-0.2, -0.15) is 13.5 Å². The lowest BCUT2D eigenvalue weighted by molar-refractivity contribution is -0.144. The van der Waals surface area contributed by atoms with E-state index in [0.717, 1.165) is 0 Å². The van der Waals surface area contributed by atoms with Crippen LogP contribution < -0.4 is 4.90 Å². The van der Waals surface area contributed by atoms with Crippen LogP contribution in [0, 0.1) is 11.7 Å². The molecule has 1 aromatic rings. The summed E-state index contributed by atoms with van der Waals surface area (Å²) in [6.07, 6.45) is 2.19. The van der Waals surface area contributed by atoms with Crippen LogP contribution in [0.4, 0.5) is 10.2 Å². The number of rotatable bonds is 3. The summed E-state index contributed by atoms with van der Waals surface area (Å²) in [6, 6.07) is 1.39. The van der Waals surface area contributed by atoms with Crippen molar-refractivity contribution in [3.63, 3.8) is 0 Å². The van der Waals surface area contributed by atoms with Crippen molar-refractivity contribution in [3.8, 4) is 0 Å². The summed E-state index contributed by atoms with van der Waals surface area (Å²) < 4.78 is 18.6. The Hall–Kier alpha value is -1.56.